The molecule has 1 heteroatoms. The Labute approximate surface area is 147 Å². The fourth-order valence-corrected chi connectivity index (χ4v) is 3.10. The van der Waals surface area contributed by atoms with Crippen LogP contribution in [0.1, 0.15) is 49.5 Å². The highest BCUT2D eigenvalue weighted by molar-refractivity contribution is 5.28. The van der Waals surface area contributed by atoms with Crippen molar-refractivity contribution < 1.29 is 4.74 Å². The van der Waals surface area contributed by atoms with Gasteiger partial charge < -0.3 is 4.74 Å². The van der Waals surface area contributed by atoms with Crippen molar-refractivity contribution in [1.82, 2.24) is 0 Å². The Kier molecular flexibility index (Phi) is 7.27. The van der Waals surface area contributed by atoms with Crippen molar-refractivity contribution in [3.05, 3.63) is 83.9 Å². The zero-order valence-electron chi connectivity index (χ0n) is 15.2. The first kappa shape index (κ1) is 18.5. The van der Waals surface area contributed by atoms with Crippen LogP contribution in [0.2, 0.25) is 0 Å². The summed E-state index contributed by atoms with van der Waals surface area (Å²) in [6.07, 6.45) is 5.26. The zero-order valence-corrected chi connectivity index (χ0v) is 15.2. The molecule has 2 atom stereocenters. The second kappa shape index (κ2) is 9.44. The number of hydrogen-bond donors (Lipinski definition) is 0. The van der Waals surface area contributed by atoms with E-state index in [1.807, 2.05) is 6.08 Å². The Balaban J connectivity index is 2.08. The van der Waals surface area contributed by atoms with Crippen LogP contribution >= 0.6 is 0 Å². The lowest BCUT2D eigenvalue weighted by Crippen LogP contribution is -2.21. The van der Waals surface area contributed by atoms with E-state index < -0.39 is 0 Å². The molecular weight excluding hydrogens is 292 g/mol. The Morgan fingerprint density at radius 3 is 2.29 bits per heavy atom. The zero-order chi connectivity index (χ0) is 17.4. The molecular formula is C23H30O. The molecule has 0 bridgehead atoms. The largest absolute Gasteiger partial charge is 0.370 e. The summed E-state index contributed by atoms with van der Waals surface area (Å²) in [4.78, 5) is 0. The Morgan fingerprint density at radius 2 is 1.67 bits per heavy atom. The maximum Gasteiger partial charge on any atom is 0.0854 e. The number of benzene rings is 2. The molecule has 0 spiro atoms. The van der Waals surface area contributed by atoms with Crippen molar-refractivity contribution in [1.29, 1.82) is 0 Å². The van der Waals surface area contributed by atoms with Crippen LogP contribution in [0.25, 0.3) is 0 Å². The SMILES string of the molecule is C=CC[C@H](CCc1ccccc1)O[C@@H](c1ccccc1C)C(C)C. The fourth-order valence-electron chi connectivity index (χ4n) is 3.10. The molecule has 0 aromatic heterocycles. The van der Waals surface area contributed by atoms with Crippen molar-refractivity contribution in [3.8, 4) is 0 Å². The molecule has 0 saturated heterocycles. The molecule has 0 saturated carbocycles. The van der Waals surface area contributed by atoms with E-state index in [4.69, 9.17) is 4.74 Å². The Hall–Kier alpha value is -1.86. The first-order valence-corrected chi connectivity index (χ1v) is 8.97. The molecule has 0 aliphatic carbocycles. The Bertz CT molecular complexity index is 615. The predicted molar refractivity (Wildman–Crippen MR) is 103 cm³/mol. The van der Waals surface area contributed by atoms with Gasteiger partial charge in [-0.2, -0.15) is 0 Å². The summed E-state index contributed by atoms with van der Waals surface area (Å²) in [5, 5.41) is 0. The normalized spacial score (nSPS) is 13.7. The molecule has 0 N–H and O–H groups in total. The summed E-state index contributed by atoms with van der Waals surface area (Å²) in [6.45, 7) is 10.6. The highest BCUT2D eigenvalue weighted by Crippen LogP contribution is 2.31. The first-order valence-electron chi connectivity index (χ1n) is 8.97. The maximum atomic E-state index is 6.57. The van der Waals surface area contributed by atoms with Crippen molar-refractivity contribution in [3.63, 3.8) is 0 Å². The summed E-state index contributed by atoms with van der Waals surface area (Å²) in [7, 11) is 0. The van der Waals surface area contributed by atoms with Gasteiger partial charge in [0.05, 0.1) is 12.2 Å². The average Bonchev–Trinajstić information content (AvgIpc) is 2.59. The second-order valence-electron chi connectivity index (χ2n) is 6.83. The minimum Gasteiger partial charge on any atom is -0.370 e. The van der Waals surface area contributed by atoms with Crippen molar-refractivity contribution in [2.45, 2.75) is 52.2 Å². The highest BCUT2D eigenvalue weighted by Gasteiger charge is 2.22. The quantitative estimate of drug-likeness (QED) is 0.493. The lowest BCUT2D eigenvalue weighted by molar-refractivity contribution is -0.0399. The molecule has 0 fully saturated rings. The van der Waals surface area contributed by atoms with Gasteiger partial charge in [-0.25, -0.2) is 0 Å². The third-order valence-electron chi connectivity index (χ3n) is 4.47. The van der Waals surface area contributed by atoms with Crippen LogP contribution in [0, 0.1) is 12.8 Å². The summed E-state index contributed by atoms with van der Waals surface area (Å²) < 4.78 is 6.57. The Morgan fingerprint density at radius 1 is 1.00 bits per heavy atom. The van der Waals surface area contributed by atoms with Gasteiger partial charge in [0.25, 0.3) is 0 Å². The van der Waals surface area contributed by atoms with Gasteiger partial charge in [0, 0.05) is 0 Å². The van der Waals surface area contributed by atoms with E-state index in [0.29, 0.717) is 5.92 Å². The van der Waals surface area contributed by atoms with E-state index in [1.54, 1.807) is 0 Å². The molecule has 2 aromatic carbocycles. The van der Waals surface area contributed by atoms with Gasteiger partial charge in [-0.3, -0.25) is 0 Å². The molecule has 1 nitrogen and oxygen atoms in total. The molecule has 128 valence electrons. The minimum atomic E-state index is 0.131. The monoisotopic (exact) mass is 322 g/mol. The molecule has 0 aliphatic rings. The lowest BCUT2D eigenvalue weighted by Gasteiger charge is -2.28. The van der Waals surface area contributed by atoms with Crippen LogP contribution in [-0.4, -0.2) is 6.10 Å². The van der Waals surface area contributed by atoms with E-state index in [-0.39, 0.29) is 12.2 Å². The average molecular weight is 322 g/mol. The molecule has 2 aromatic rings. The van der Waals surface area contributed by atoms with E-state index in [1.165, 1.54) is 16.7 Å². The standard InChI is InChI=1S/C23H30O/c1-5-11-21(17-16-20-13-7-6-8-14-20)24-23(18(2)3)22-15-10-9-12-19(22)4/h5-10,12-15,18,21,23H,1,11,16-17H2,2-4H3/t21-,23-/m1/s1. The minimum absolute atomic E-state index is 0.131. The van der Waals surface area contributed by atoms with Gasteiger partial charge in [-0.1, -0.05) is 74.5 Å². The van der Waals surface area contributed by atoms with Crippen LogP contribution in [0.5, 0.6) is 0 Å². The second-order valence-corrected chi connectivity index (χ2v) is 6.83. The van der Waals surface area contributed by atoms with Gasteiger partial charge >= 0.3 is 0 Å². The number of aryl methyl sites for hydroxylation is 2. The van der Waals surface area contributed by atoms with Crippen molar-refractivity contribution in [2.24, 2.45) is 5.92 Å². The predicted octanol–water partition coefficient (Wildman–Crippen LogP) is 6.29. The number of ether oxygens (including phenoxy) is 1. The van der Waals surface area contributed by atoms with Crippen molar-refractivity contribution >= 4 is 0 Å². The van der Waals surface area contributed by atoms with Crippen LogP contribution < -0.4 is 0 Å². The van der Waals surface area contributed by atoms with E-state index in [0.717, 1.165) is 19.3 Å². The third kappa shape index (κ3) is 5.35. The summed E-state index contributed by atoms with van der Waals surface area (Å²) >= 11 is 0. The highest BCUT2D eigenvalue weighted by atomic mass is 16.5. The molecule has 0 heterocycles. The first-order chi connectivity index (χ1) is 11.6. The van der Waals surface area contributed by atoms with Gasteiger partial charge in [0.1, 0.15) is 0 Å². The van der Waals surface area contributed by atoms with Crippen LogP contribution in [0.15, 0.2) is 67.3 Å². The topological polar surface area (TPSA) is 9.23 Å². The molecule has 0 unspecified atom stereocenters. The number of rotatable bonds is 9. The van der Waals surface area contributed by atoms with E-state index >= 15 is 0 Å². The summed E-state index contributed by atoms with van der Waals surface area (Å²) in [5.74, 6) is 0.440. The number of hydrogen-bond acceptors (Lipinski definition) is 1. The lowest BCUT2D eigenvalue weighted by atomic mass is 9.94. The molecule has 0 amide bonds. The van der Waals surface area contributed by atoms with Gasteiger partial charge in [-0.15, -0.1) is 6.58 Å². The molecule has 0 aliphatic heterocycles. The molecule has 2 rings (SSSR count). The summed E-state index contributed by atoms with van der Waals surface area (Å²) in [5.41, 5.74) is 3.98. The van der Waals surface area contributed by atoms with Crippen LogP contribution in [-0.2, 0) is 11.2 Å². The van der Waals surface area contributed by atoms with Gasteiger partial charge in [0.15, 0.2) is 0 Å². The van der Waals surface area contributed by atoms with Gasteiger partial charge in [-0.05, 0) is 48.8 Å². The van der Waals surface area contributed by atoms with Crippen molar-refractivity contribution in [2.75, 3.05) is 0 Å². The summed E-state index contributed by atoms with van der Waals surface area (Å²) in [6, 6.07) is 19.2. The van der Waals surface area contributed by atoms with E-state index in [2.05, 4.69) is 81.9 Å². The molecule has 0 radical (unpaired) electrons. The smallest absolute Gasteiger partial charge is 0.0854 e. The van der Waals surface area contributed by atoms with Crippen LogP contribution in [0.4, 0.5) is 0 Å². The fraction of sp³-hybridized carbons (Fsp3) is 0.391. The van der Waals surface area contributed by atoms with Gasteiger partial charge in [0.2, 0.25) is 0 Å². The van der Waals surface area contributed by atoms with E-state index in [9.17, 15) is 0 Å². The van der Waals surface area contributed by atoms with Crippen LogP contribution in [0.3, 0.4) is 0 Å². The maximum absolute atomic E-state index is 6.57. The molecule has 24 heavy (non-hydrogen) atoms. The third-order valence-corrected chi connectivity index (χ3v) is 4.47.